The molecule has 0 unspecified atom stereocenters. The first-order valence-electron chi connectivity index (χ1n) is 7.44. The summed E-state index contributed by atoms with van der Waals surface area (Å²) in [5, 5.41) is 3.74. The van der Waals surface area contributed by atoms with E-state index in [0.29, 0.717) is 23.8 Å². The molecule has 22 heavy (non-hydrogen) atoms. The minimum absolute atomic E-state index is 0.165. The zero-order valence-corrected chi connectivity index (χ0v) is 13.9. The van der Waals surface area contributed by atoms with Crippen molar-refractivity contribution >= 4 is 23.4 Å². The van der Waals surface area contributed by atoms with Crippen LogP contribution >= 0.6 is 11.6 Å². The van der Waals surface area contributed by atoms with Crippen LogP contribution in [0, 0.1) is 5.82 Å². The van der Waals surface area contributed by atoms with Crippen molar-refractivity contribution in [2.24, 2.45) is 0 Å². The smallest absolute Gasteiger partial charge is 0.410 e. The van der Waals surface area contributed by atoms with Crippen LogP contribution in [0.3, 0.4) is 0 Å². The maximum Gasteiger partial charge on any atom is 0.410 e. The highest BCUT2D eigenvalue weighted by atomic mass is 35.5. The van der Waals surface area contributed by atoms with Gasteiger partial charge in [0, 0.05) is 19.1 Å². The van der Waals surface area contributed by atoms with Crippen LogP contribution in [0.1, 0.15) is 33.6 Å². The van der Waals surface area contributed by atoms with Crippen molar-refractivity contribution in [2.75, 3.05) is 18.4 Å². The molecule has 1 aliphatic heterocycles. The lowest BCUT2D eigenvalue weighted by Gasteiger charge is -2.34. The van der Waals surface area contributed by atoms with Crippen molar-refractivity contribution in [3.05, 3.63) is 29.0 Å². The number of piperidine rings is 1. The van der Waals surface area contributed by atoms with Crippen molar-refractivity contribution in [1.82, 2.24) is 4.90 Å². The number of nitrogens with zero attached hydrogens (tertiary/aromatic N) is 1. The summed E-state index contributed by atoms with van der Waals surface area (Å²) in [6, 6.07) is 4.42. The highest BCUT2D eigenvalue weighted by molar-refractivity contribution is 6.33. The molecular weight excluding hydrogens is 307 g/mol. The quantitative estimate of drug-likeness (QED) is 0.880. The van der Waals surface area contributed by atoms with E-state index < -0.39 is 5.60 Å². The summed E-state index contributed by atoms with van der Waals surface area (Å²) < 4.78 is 18.6. The van der Waals surface area contributed by atoms with E-state index in [9.17, 15) is 9.18 Å². The predicted molar refractivity (Wildman–Crippen MR) is 85.9 cm³/mol. The molecule has 0 bridgehead atoms. The molecule has 1 aliphatic rings. The van der Waals surface area contributed by atoms with E-state index in [-0.39, 0.29) is 18.0 Å². The Morgan fingerprint density at radius 3 is 2.59 bits per heavy atom. The summed E-state index contributed by atoms with van der Waals surface area (Å²) >= 11 is 6.05. The van der Waals surface area contributed by atoms with Crippen LogP contribution < -0.4 is 5.32 Å². The summed E-state index contributed by atoms with van der Waals surface area (Å²) in [6.45, 7) is 6.78. The molecule has 0 aromatic heterocycles. The molecule has 0 spiro atoms. The Balaban J connectivity index is 1.87. The molecule has 6 heteroatoms. The summed E-state index contributed by atoms with van der Waals surface area (Å²) in [4.78, 5) is 13.7. The predicted octanol–water partition coefficient (Wildman–Crippen LogP) is 4.29. The second-order valence-electron chi connectivity index (χ2n) is 6.51. The van der Waals surface area contributed by atoms with Crippen molar-refractivity contribution in [1.29, 1.82) is 0 Å². The summed E-state index contributed by atoms with van der Waals surface area (Å²) in [7, 11) is 0. The third-order valence-corrected chi connectivity index (χ3v) is 3.76. The van der Waals surface area contributed by atoms with Gasteiger partial charge in [0.1, 0.15) is 11.4 Å². The SMILES string of the molecule is CC(C)(C)OC(=O)N1CCC(Nc2cc(F)ccc2Cl)CC1. The molecule has 122 valence electrons. The number of likely N-dealkylation sites (tertiary alicyclic amines) is 1. The van der Waals surface area contributed by atoms with Crippen LogP contribution in [0.4, 0.5) is 14.9 Å². The average molecular weight is 329 g/mol. The van der Waals surface area contributed by atoms with Crippen molar-refractivity contribution in [3.8, 4) is 0 Å². The first-order valence-corrected chi connectivity index (χ1v) is 7.82. The van der Waals surface area contributed by atoms with Crippen LogP contribution in [0.2, 0.25) is 5.02 Å². The molecule has 1 aromatic carbocycles. The largest absolute Gasteiger partial charge is 0.444 e. The molecule has 1 heterocycles. The van der Waals surface area contributed by atoms with Crippen LogP contribution in [-0.4, -0.2) is 35.7 Å². The maximum atomic E-state index is 13.3. The number of nitrogens with one attached hydrogen (secondary N) is 1. The Kier molecular flexibility index (Phi) is 5.16. The number of anilines is 1. The number of benzene rings is 1. The van der Waals surface area contributed by atoms with E-state index in [1.165, 1.54) is 18.2 Å². The summed E-state index contributed by atoms with van der Waals surface area (Å²) in [5.74, 6) is -0.321. The van der Waals surface area contributed by atoms with Crippen LogP contribution in [0.5, 0.6) is 0 Å². The van der Waals surface area contributed by atoms with Crippen molar-refractivity contribution < 1.29 is 13.9 Å². The van der Waals surface area contributed by atoms with Crippen LogP contribution in [-0.2, 0) is 4.74 Å². The van der Waals surface area contributed by atoms with Gasteiger partial charge in [-0.3, -0.25) is 0 Å². The van der Waals surface area contributed by atoms with Gasteiger partial charge in [0.25, 0.3) is 0 Å². The molecule has 0 radical (unpaired) electrons. The number of carbonyl (C=O) groups excluding carboxylic acids is 1. The second-order valence-corrected chi connectivity index (χ2v) is 6.92. The van der Waals surface area contributed by atoms with Crippen molar-refractivity contribution in [2.45, 2.75) is 45.3 Å². The molecule has 1 saturated heterocycles. The fourth-order valence-electron chi connectivity index (χ4n) is 2.36. The lowest BCUT2D eigenvalue weighted by Crippen LogP contribution is -2.44. The average Bonchev–Trinajstić information content (AvgIpc) is 2.42. The van der Waals surface area contributed by atoms with E-state index in [4.69, 9.17) is 16.3 Å². The number of amides is 1. The zero-order chi connectivity index (χ0) is 16.3. The number of rotatable bonds is 2. The molecule has 1 N–H and O–H groups in total. The van der Waals surface area contributed by atoms with Crippen molar-refractivity contribution in [3.63, 3.8) is 0 Å². The lowest BCUT2D eigenvalue weighted by atomic mass is 10.0. The monoisotopic (exact) mass is 328 g/mol. The molecule has 4 nitrogen and oxygen atoms in total. The van der Waals surface area contributed by atoms with Gasteiger partial charge in [0.15, 0.2) is 0 Å². The molecule has 0 aliphatic carbocycles. The maximum absolute atomic E-state index is 13.3. The second kappa shape index (κ2) is 6.73. The first kappa shape index (κ1) is 16.9. The summed E-state index contributed by atoms with van der Waals surface area (Å²) in [5.41, 5.74) is 0.110. The van der Waals surface area contributed by atoms with Gasteiger partial charge in [-0.25, -0.2) is 9.18 Å². The third-order valence-electron chi connectivity index (χ3n) is 3.43. The van der Waals surface area contributed by atoms with Gasteiger partial charge in [-0.05, 0) is 51.8 Å². The first-order chi connectivity index (χ1) is 10.2. The van der Waals surface area contributed by atoms with Gasteiger partial charge >= 0.3 is 6.09 Å². The standard InChI is InChI=1S/C16H22ClFN2O2/c1-16(2,3)22-15(21)20-8-6-12(7-9-20)19-14-10-11(18)4-5-13(14)17/h4-5,10,12,19H,6-9H2,1-3H3. The normalized spacial score (nSPS) is 16.5. The molecule has 0 saturated carbocycles. The number of halogens is 2. The van der Waals surface area contributed by atoms with Gasteiger partial charge in [0.2, 0.25) is 0 Å². The molecule has 1 amide bonds. The van der Waals surface area contributed by atoms with E-state index in [0.717, 1.165) is 12.8 Å². The van der Waals surface area contributed by atoms with Gasteiger partial charge < -0.3 is 15.0 Å². The third kappa shape index (κ3) is 4.77. The molecular formula is C16H22ClFN2O2. The minimum atomic E-state index is -0.485. The number of ether oxygens (including phenoxy) is 1. The van der Waals surface area contributed by atoms with E-state index in [1.807, 2.05) is 20.8 Å². The Hall–Kier alpha value is -1.49. The van der Waals surface area contributed by atoms with Crippen LogP contribution in [0.25, 0.3) is 0 Å². The topological polar surface area (TPSA) is 41.6 Å². The number of hydrogen-bond donors (Lipinski definition) is 1. The van der Waals surface area contributed by atoms with E-state index in [1.54, 1.807) is 4.90 Å². The van der Waals surface area contributed by atoms with E-state index >= 15 is 0 Å². The molecule has 0 atom stereocenters. The van der Waals surface area contributed by atoms with Gasteiger partial charge in [-0.15, -0.1) is 0 Å². The lowest BCUT2D eigenvalue weighted by molar-refractivity contribution is 0.0210. The van der Waals surface area contributed by atoms with E-state index in [2.05, 4.69) is 5.32 Å². The Morgan fingerprint density at radius 2 is 2.00 bits per heavy atom. The minimum Gasteiger partial charge on any atom is -0.444 e. The highest BCUT2D eigenvalue weighted by Crippen LogP contribution is 2.25. The molecule has 2 rings (SSSR count). The fraction of sp³-hybridized carbons (Fsp3) is 0.562. The fourth-order valence-corrected chi connectivity index (χ4v) is 2.53. The van der Waals surface area contributed by atoms with Gasteiger partial charge in [-0.2, -0.15) is 0 Å². The van der Waals surface area contributed by atoms with Crippen LogP contribution in [0.15, 0.2) is 18.2 Å². The van der Waals surface area contributed by atoms with Gasteiger partial charge in [0.05, 0.1) is 10.7 Å². The Morgan fingerprint density at radius 1 is 1.36 bits per heavy atom. The number of hydrogen-bond acceptors (Lipinski definition) is 3. The summed E-state index contributed by atoms with van der Waals surface area (Å²) in [6.07, 6.45) is 1.26. The Bertz CT molecular complexity index is 537. The number of carbonyl (C=O) groups is 1. The highest BCUT2D eigenvalue weighted by Gasteiger charge is 2.27. The zero-order valence-electron chi connectivity index (χ0n) is 13.2. The van der Waals surface area contributed by atoms with Gasteiger partial charge in [-0.1, -0.05) is 11.6 Å². The Labute approximate surface area is 135 Å². The molecule has 1 aromatic rings. The molecule has 1 fully saturated rings.